The minimum Gasteiger partial charge on any atom is -0.385 e. The van der Waals surface area contributed by atoms with Gasteiger partial charge in [-0.2, -0.15) is 13.2 Å². The lowest BCUT2D eigenvalue weighted by molar-refractivity contribution is -0.137. The van der Waals surface area contributed by atoms with Gasteiger partial charge in [0.15, 0.2) is 0 Å². The van der Waals surface area contributed by atoms with Gasteiger partial charge in [0.25, 0.3) is 0 Å². The van der Waals surface area contributed by atoms with Gasteiger partial charge in [-0.3, -0.25) is 0 Å². The Morgan fingerprint density at radius 3 is 1.93 bits per heavy atom. The number of halogens is 7. The van der Waals surface area contributed by atoms with Crippen molar-refractivity contribution in [1.29, 1.82) is 0 Å². The normalized spacial score (nSPS) is 16.9. The molecule has 302 valence electrons. The predicted molar refractivity (Wildman–Crippen MR) is 224 cm³/mol. The Labute approximate surface area is 344 Å². The number of benzene rings is 4. The third-order valence-electron chi connectivity index (χ3n) is 10.9. The van der Waals surface area contributed by atoms with E-state index in [1.807, 2.05) is 88.2 Å². The van der Waals surface area contributed by atoms with Crippen molar-refractivity contribution < 1.29 is 27.8 Å². The van der Waals surface area contributed by atoms with E-state index in [4.69, 9.17) is 34.8 Å². The van der Waals surface area contributed by atoms with Gasteiger partial charge in [-0.05, 0) is 142 Å². The molecule has 0 aliphatic carbocycles. The van der Waals surface area contributed by atoms with Crippen molar-refractivity contribution >= 4 is 46.5 Å². The summed E-state index contributed by atoms with van der Waals surface area (Å²) in [5, 5.41) is 26.9. The molecule has 0 bridgehead atoms. The summed E-state index contributed by atoms with van der Waals surface area (Å²) >= 11 is 18.7. The Morgan fingerprint density at radius 2 is 1.39 bits per heavy atom. The van der Waals surface area contributed by atoms with Gasteiger partial charge in [0.2, 0.25) is 0 Å². The summed E-state index contributed by atoms with van der Waals surface area (Å²) in [5.74, 6) is -1.66. The Kier molecular flexibility index (Phi) is 15.1. The molecule has 5 unspecified atom stereocenters. The average Bonchev–Trinajstić information content (AvgIpc) is 3.12. The Morgan fingerprint density at radius 1 is 0.804 bits per heavy atom. The van der Waals surface area contributed by atoms with Crippen LogP contribution in [0.15, 0.2) is 102 Å². The Bertz CT molecular complexity index is 2020. The molecule has 0 aliphatic heterocycles. The van der Waals surface area contributed by atoms with Crippen molar-refractivity contribution in [2.75, 3.05) is 34.7 Å². The summed E-state index contributed by atoms with van der Waals surface area (Å²) in [5.41, 5.74) is -0.751. The molecule has 0 heterocycles. The maximum absolute atomic E-state index is 14.4. The first-order valence-electron chi connectivity index (χ1n) is 18.4. The molecule has 0 saturated carbocycles. The second kappa shape index (κ2) is 18.6. The molecule has 0 aromatic heterocycles. The number of nitrogens with zero attached hydrogens (tertiary/aromatic N) is 2. The van der Waals surface area contributed by atoms with Crippen LogP contribution in [-0.4, -0.2) is 66.4 Å². The van der Waals surface area contributed by atoms with Gasteiger partial charge < -0.3 is 20.0 Å². The largest absolute Gasteiger partial charge is 0.417 e. The fourth-order valence-corrected chi connectivity index (χ4v) is 8.41. The first kappa shape index (κ1) is 45.5. The summed E-state index contributed by atoms with van der Waals surface area (Å²) in [6, 6.07) is 23.4. The van der Waals surface area contributed by atoms with Gasteiger partial charge in [0.1, 0.15) is 11.4 Å². The van der Waals surface area contributed by atoms with E-state index >= 15 is 0 Å². The molecule has 0 saturated heterocycles. The van der Waals surface area contributed by atoms with Crippen molar-refractivity contribution in [2.24, 2.45) is 11.8 Å². The minimum atomic E-state index is -4.78. The molecular formula is C45H51Cl3F4N2O2. The van der Waals surface area contributed by atoms with Gasteiger partial charge in [-0.1, -0.05) is 97.2 Å². The highest BCUT2D eigenvalue weighted by atomic mass is 35.5. The van der Waals surface area contributed by atoms with E-state index in [9.17, 15) is 27.8 Å². The molecule has 5 atom stereocenters. The number of aryl methyl sites for hydroxylation is 1. The molecule has 4 aromatic rings. The van der Waals surface area contributed by atoms with Crippen LogP contribution in [0.2, 0.25) is 15.1 Å². The van der Waals surface area contributed by atoms with Gasteiger partial charge >= 0.3 is 6.18 Å². The second-order valence-electron chi connectivity index (χ2n) is 15.3. The predicted octanol–water partition coefficient (Wildman–Crippen LogP) is 11.7. The molecule has 4 aromatic carbocycles. The van der Waals surface area contributed by atoms with E-state index in [0.29, 0.717) is 50.9 Å². The average molecular weight is 834 g/mol. The van der Waals surface area contributed by atoms with Gasteiger partial charge in [-0.15, -0.1) is 0 Å². The fourth-order valence-electron chi connectivity index (χ4n) is 7.94. The van der Waals surface area contributed by atoms with Crippen molar-refractivity contribution in [2.45, 2.75) is 64.0 Å². The maximum atomic E-state index is 14.4. The monoisotopic (exact) mass is 832 g/mol. The van der Waals surface area contributed by atoms with E-state index in [1.165, 1.54) is 24.3 Å². The third-order valence-corrected chi connectivity index (χ3v) is 11.7. The van der Waals surface area contributed by atoms with Crippen LogP contribution < -0.4 is 0 Å². The van der Waals surface area contributed by atoms with Gasteiger partial charge in [0, 0.05) is 34.5 Å². The summed E-state index contributed by atoms with van der Waals surface area (Å²) in [6.45, 7) is 7.62. The first-order valence-corrected chi connectivity index (χ1v) is 19.5. The molecule has 11 heteroatoms. The van der Waals surface area contributed by atoms with Crippen LogP contribution in [-0.2, 0) is 18.2 Å². The van der Waals surface area contributed by atoms with E-state index in [-0.39, 0.29) is 17.8 Å². The van der Waals surface area contributed by atoms with Crippen LogP contribution in [0.5, 0.6) is 0 Å². The van der Waals surface area contributed by atoms with Crippen LogP contribution in [0.4, 0.5) is 17.6 Å². The number of hydrogen-bond acceptors (Lipinski definition) is 4. The number of hydrogen-bond donors (Lipinski definition) is 2. The Hall–Kier alpha value is -3.21. The van der Waals surface area contributed by atoms with Gasteiger partial charge in [-0.25, -0.2) is 4.39 Å². The quantitative estimate of drug-likeness (QED) is 0.117. The maximum Gasteiger partial charge on any atom is 0.417 e. The second-order valence-corrected chi connectivity index (χ2v) is 16.6. The zero-order valence-corrected chi connectivity index (χ0v) is 35.3. The number of alkyl halides is 3. The molecule has 4 rings (SSSR count). The summed E-state index contributed by atoms with van der Waals surface area (Å²) in [7, 11) is 7.39. The van der Waals surface area contributed by atoms with Crippen LogP contribution in [0, 0.1) is 17.7 Å². The molecule has 0 spiro atoms. The van der Waals surface area contributed by atoms with E-state index < -0.39 is 45.8 Å². The van der Waals surface area contributed by atoms with Crippen molar-refractivity contribution in [3.05, 3.63) is 151 Å². The number of rotatable bonds is 15. The molecular weight excluding hydrogens is 783 g/mol. The molecule has 0 radical (unpaired) electrons. The summed E-state index contributed by atoms with van der Waals surface area (Å²) in [4.78, 5) is 3.81. The van der Waals surface area contributed by atoms with Crippen LogP contribution in [0.3, 0.4) is 0 Å². The van der Waals surface area contributed by atoms with Crippen molar-refractivity contribution in [3.63, 3.8) is 0 Å². The van der Waals surface area contributed by atoms with Crippen molar-refractivity contribution in [1.82, 2.24) is 9.80 Å². The highest BCUT2D eigenvalue weighted by Crippen LogP contribution is 2.48. The van der Waals surface area contributed by atoms with E-state index in [1.54, 1.807) is 44.2 Å². The molecule has 2 N–H and O–H groups in total. The molecule has 0 amide bonds. The van der Waals surface area contributed by atoms with Crippen LogP contribution in [0.1, 0.15) is 61.9 Å². The zero-order valence-electron chi connectivity index (χ0n) is 33.0. The lowest BCUT2D eigenvalue weighted by Gasteiger charge is -2.46. The standard InChI is InChI=1S/C45H51Cl3F4N2O2/c1-28(24-33-12-17-36(46)18-13-33)43(55,23-22-32-10-9-11-38(49)25-32)31(4)42(54(7)8)41(34-14-19-37(47)20-15-34)30(3)44(56,29(2)27-53(5)6)35-16-21-40(48)39(26-35)45(50,51)52/h9-21,24-26,29,31,42,55-56H,22-23,27H2,1-8H3. The van der Waals surface area contributed by atoms with E-state index in [2.05, 4.69) is 0 Å². The molecule has 4 nitrogen and oxygen atoms in total. The summed E-state index contributed by atoms with van der Waals surface area (Å²) < 4.78 is 57.5. The third kappa shape index (κ3) is 10.4. The minimum absolute atomic E-state index is 0.0258. The fraction of sp³-hybridized carbons (Fsp3) is 0.378. The zero-order chi connectivity index (χ0) is 41.7. The lowest BCUT2D eigenvalue weighted by atomic mass is 9.68. The topological polar surface area (TPSA) is 46.9 Å². The number of aliphatic hydroxyl groups is 2. The first-order chi connectivity index (χ1) is 26.1. The number of likely N-dealkylation sites (N-methyl/N-ethyl adjacent to an activating group) is 1. The molecule has 0 aliphatic rings. The lowest BCUT2D eigenvalue weighted by Crippen LogP contribution is -2.50. The highest BCUT2D eigenvalue weighted by Gasteiger charge is 2.47. The smallest absolute Gasteiger partial charge is 0.385 e. The summed E-state index contributed by atoms with van der Waals surface area (Å²) in [6.07, 6.45) is -2.36. The van der Waals surface area contributed by atoms with Crippen LogP contribution in [0.25, 0.3) is 11.6 Å². The van der Waals surface area contributed by atoms with E-state index in [0.717, 1.165) is 11.6 Å². The van der Waals surface area contributed by atoms with Gasteiger partial charge in [0.05, 0.1) is 16.2 Å². The van der Waals surface area contributed by atoms with Crippen molar-refractivity contribution in [3.8, 4) is 0 Å². The molecule has 56 heavy (non-hydrogen) atoms. The highest BCUT2D eigenvalue weighted by molar-refractivity contribution is 6.31. The Balaban J connectivity index is 2.07. The molecule has 0 fully saturated rings. The SMILES string of the molecule is CC(=Cc1ccc(Cl)cc1)C(O)(CCc1cccc(F)c1)C(C)C(C(=C(C)C(O)(c1ccc(Cl)c(C(F)(F)F)c1)C(C)CN(C)C)c1ccc(Cl)cc1)N(C)C. The van der Waals surface area contributed by atoms with Crippen LogP contribution >= 0.6 is 34.8 Å².